The summed E-state index contributed by atoms with van der Waals surface area (Å²) in [7, 11) is 0. The van der Waals surface area contributed by atoms with E-state index in [2.05, 4.69) is 0 Å². The summed E-state index contributed by atoms with van der Waals surface area (Å²) in [6, 6.07) is 0. The summed E-state index contributed by atoms with van der Waals surface area (Å²) in [5, 5.41) is 0. The molecule has 0 fully saturated rings. The van der Waals surface area contributed by atoms with Crippen LogP contribution in [0, 0.1) is 0 Å². The highest BCUT2D eigenvalue weighted by atomic mass is 16.5. The van der Waals surface area contributed by atoms with Crippen LogP contribution in [0.25, 0.3) is 0 Å². The number of rotatable bonds is 9. The van der Waals surface area contributed by atoms with Crippen LogP contribution in [0.1, 0.15) is 26.2 Å². The van der Waals surface area contributed by atoms with Crippen LogP contribution < -0.4 is 5.73 Å². The quantitative estimate of drug-likeness (QED) is 0.535. The predicted molar refractivity (Wildman–Crippen MR) is 50.2 cm³/mol. The Bertz CT molecular complexity index is 68.9. The maximum Gasteiger partial charge on any atom is 0.0588 e. The highest BCUT2D eigenvalue weighted by molar-refractivity contribution is 4.40. The lowest BCUT2D eigenvalue weighted by molar-refractivity contribution is 0.124. The Morgan fingerprint density at radius 3 is 2.17 bits per heavy atom. The number of nitrogens with two attached hydrogens (primary N) is 1. The lowest BCUT2D eigenvalue weighted by Crippen LogP contribution is -2.09. The van der Waals surface area contributed by atoms with Crippen molar-refractivity contribution in [3.05, 3.63) is 0 Å². The summed E-state index contributed by atoms with van der Waals surface area (Å²) in [5.74, 6) is 0. The van der Waals surface area contributed by atoms with Crippen molar-refractivity contribution in [3.8, 4) is 0 Å². The van der Waals surface area contributed by atoms with Gasteiger partial charge < -0.3 is 15.2 Å². The largest absolute Gasteiger partial charge is 0.382 e. The second-order valence-electron chi connectivity index (χ2n) is 2.66. The van der Waals surface area contributed by atoms with E-state index in [1.807, 2.05) is 6.92 Å². The summed E-state index contributed by atoms with van der Waals surface area (Å²) < 4.78 is 10.4. The van der Waals surface area contributed by atoms with E-state index in [9.17, 15) is 0 Å². The lowest BCUT2D eigenvalue weighted by Gasteiger charge is -2.02. The molecule has 2 N–H and O–H groups in total. The van der Waals surface area contributed by atoms with Crippen LogP contribution in [0.2, 0.25) is 0 Å². The van der Waals surface area contributed by atoms with Gasteiger partial charge in [-0.2, -0.15) is 0 Å². The molecule has 0 aromatic rings. The molecule has 0 unspecified atom stereocenters. The first-order valence-corrected chi connectivity index (χ1v) is 4.77. The molecular formula is C9H21NO2. The van der Waals surface area contributed by atoms with Crippen molar-refractivity contribution in [1.82, 2.24) is 0 Å². The third-order valence-corrected chi connectivity index (χ3v) is 1.54. The molecule has 0 aromatic carbocycles. The Morgan fingerprint density at radius 2 is 1.58 bits per heavy atom. The SMILES string of the molecule is CCOCCCCCOCCN. The third-order valence-electron chi connectivity index (χ3n) is 1.54. The van der Waals surface area contributed by atoms with Gasteiger partial charge in [0, 0.05) is 26.4 Å². The maximum atomic E-state index is 5.26. The van der Waals surface area contributed by atoms with E-state index in [0.717, 1.165) is 32.7 Å². The van der Waals surface area contributed by atoms with Crippen molar-refractivity contribution in [2.24, 2.45) is 5.73 Å². The maximum absolute atomic E-state index is 5.26. The number of ether oxygens (including phenoxy) is 2. The first kappa shape index (κ1) is 11.9. The number of hydrogen-bond acceptors (Lipinski definition) is 3. The lowest BCUT2D eigenvalue weighted by atomic mass is 10.2. The molecule has 0 spiro atoms. The van der Waals surface area contributed by atoms with Gasteiger partial charge in [-0.3, -0.25) is 0 Å². The summed E-state index contributed by atoms with van der Waals surface area (Å²) in [4.78, 5) is 0. The molecule has 0 aliphatic heterocycles. The van der Waals surface area contributed by atoms with Crippen molar-refractivity contribution >= 4 is 0 Å². The molecule has 3 heteroatoms. The molecule has 0 saturated heterocycles. The van der Waals surface area contributed by atoms with E-state index >= 15 is 0 Å². The monoisotopic (exact) mass is 175 g/mol. The molecule has 0 aromatic heterocycles. The Labute approximate surface area is 75.2 Å². The Hall–Kier alpha value is -0.120. The molecule has 0 saturated carbocycles. The average molecular weight is 175 g/mol. The van der Waals surface area contributed by atoms with Gasteiger partial charge in [0.2, 0.25) is 0 Å². The zero-order valence-electron chi connectivity index (χ0n) is 8.05. The van der Waals surface area contributed by atoms with Crippen LogP contribution in [0.15, 0.2) is 0 Å². The van der Waals surface area contributed by atoms with Crippen molar-refractivity contribution < 1.29 is 9.47 Å². The van der Waals surface area contributed by atoms with Crippen LogP contribution in [0.3, 0.4) is 0 Å². The van der Waals surface area contributed by atoms with Gasteiger partial charge >= 0.3 is 0 Å². The van der Waals surface area contributed by atoms with E-state index in [4.69, 9.17) is 15.2 Å². The fraction of sp³-hybridized carbons (Fsp3) is 1.00. The second kappa shape index (κ2) is 10.9. The van der Waals surface area contributed by atoms with Gasteiger partial charge in [0.15, 0.2) is 0 Å². The van der Waals surface area contributed by atoms with Crippen LogP contribution >= 0.6 is 0 Å². The molecule has 0 atom stereocenters. The van der Waals surface area contributed by atoms with Gasteiger partial charge in [0.1, 0.15) is 0 Å². The van der Waals surface area contributed by atoms with Gasteiger partial charge in [0.05, 0.1) is 6.61 Å². The third kappa shape index (κ3) is 9.88. The Kier molecular flexibility index (Phi) is 10.8. The van der Waals surface area contributed by atoms with Gasteiger partial charge in [-0.05, 0) is 26.2 Å². The molecule has 0 bridgehead atoms. The summed E-state index contributed by atoms with van der Waals surface area (Å²) >= 11 is 0. The van der Waals surface area contributed by atoms with Crippen molar-refractivity contribution in [2.45, 2.75) is 26.2 Å². The zero-order valence-corrected chi connectivity index (χ0v) is 8.05. The van der Waals surface area contributed by atoms with E-state index in [1.165, 1.54) is 6.42 Å². The zero-order chi connectivity index (χ0) is 9.07. The van der Waals surface area contributed by atoms with Crippen LogP contribution in [-0.4, -0.2) is 33.0 Å². The molecule has 0 heterocycles. The first-order valence-electron chi connectivity index (χ1n) is 4.77. The van der Waals surface area contributed by atoms with E-state index < -0.39 is 0 Å². The highest BCUT2D eigenvalue weighted by Gasteiger charge is 1.89. The van der Waals surface area contributed by atoms with E-state index in [0.29, 0.717) is 13.2 Å². The van der Waals surface area contributed by atoms with Crippen molar-refractivity contribution in [3.63, 3.8) is 0 Å². The molecule has 74 valence electrons. The van der Waals surface area contributed by atoms with E-state index in [-0.39, 0.29) is 0 Å². The van der Waals surface area contributed by atoms with Gasteiger partial charge in [-0.25, -0.2) is 0 Å². The Balaban J connectivity index is 2.73. The van der Waals surface area contributed by atoms with Gasteiger partial charge in [-0.15, -0.1) is 0 Å². The van der Waals surface area contributed by atoms with Crippen LogP contribution in [0.4, 0.5) is 0 Å². The summed E-state index contributed by atoms with van der Waals surface area (Å²) in [5.41, 5.74) is 5.26. The molecule has 0 aliphatic carbocycles. The standard InChI is InChI=1S/C9H21NO2/c1-2-11-7-4-3-5-8-12-9-6-10/h2-10H2,1H3. The first-order chi connectivity index (χ1) is 5.91. The molecule has 12 heavy (non-hydrogen) atoms. The normalized spacial score (nSPS) is 10.5. The smallest absolute Gasteiger partial charge is 0.0588 e. The Morgan fingerprint density at radius 1 is 0.917 bits per heavy atom. The topological polar surface area (TPSA) is 44.5 Å². The van der Waals surface area contributed by atoms with Gasteiger partial charge in [-0.1, -0.05) is 0 Å². The summed E-state index contributed by atoms with van der Waals surface area (Å²) in [6.07, 6.45) is 3.44. The molecule has 0 aliphatic rings. The second-order valence-corrected chi connectivity index (χ2v) is 2.66. The molecule has 0 rings (SSSR count). The van der Waals surface area contributed by atoms with Crippen molar-refractivity contribution in [1.29, 1.82) is 0 Å². The average Bonchev–Trinajstić information content (AvgIpc) is 2.10. The fourth-order valence-corrected chi connectivity index (χ4v) is 0.915. The molecular weight excluding hydrogens is 154 g/mol. The minimum atomic E-state index is 0.624. The molecule has 3 nitrogen and oxygen atoms in total. The predicted octanol–water partition coefficient (Wildman–Crippen LogP) is 1.17. The fourth-order valence-electron chi connectivity index (χ4n) is 0.915. The van der Waals surface area contributed by atoms with Crippen LogP contribution in [-0.2, 0) is 9.47 Å². The minimum absolute atomic E-state index is 0.624. The summed E-state index contributed by atoms with van der Waals surface area (Å²) in [6.45, 7) is 5.87. The number of hydrogen-bond donors (Lipinski definition) is 1. The number of unbranched alkanes of at least 4 members (excludes halogenated alkanes) is 2. The van der Waals surface area contributed by atoms with E-state index in [1.54, 1.807) is 0 Å². The molecule has 0 radical (unpaired) electrons. The minimum Gasteiger partial charge on any atom is -0.382 e. The highest BCUT2D eigenvalue weighted by Crippen LogP contribution is 1.95. The van der Waals surface area contributed by atoms with Crippen LogP contribution in [0.5, 0.6) is 0 Å². The molecule has 0 amide bonds. The van der Waals surface area contributed by atoms with Crippen molar-refractivity contribution in [2.75, 3.05) is 33.0 Å². The van der Waals surface area contributed by atoms with Gasteiger partial charge in [0.25, 0.3) is 0 Å².